The zero-order valence-corrected chi connectivity index (χ0v) is 15.8. The number of halogens is 4. The predicted octanol–water partition coefficient (Wildman–Crippen LogP) is 4.50. The van der Waals surface area contributed by atoms with Gasteiger partial charge in [0.25, 0.3) is 10.0 Å². The molecule has 9 heteroatoms. The molecule has 0 radical (unpaired) electrons. The van der Waals surface area contributed by atoms with E-state index in [4.69, 9.17) is 5.73 Å². The van der Waals surface area contributed by atoms with Crippen molar-refractivity contribution in [3.05, 3.63) is 49.6 Å². The van der Waals surface area contributed by atoms with Crippen LogP contribution in [0, 0.1) is 5.82 Å². The highest BCUT2D eigenvalue weighted by Gasteiger charge is 2.22. The van der Waals surface area contributed by atoms with Gasteiger partial charge in [-0.3, -0.25) is 4.72 Å². The Balaban J connectivity index is 2.50. The first kappa shape index (κ1) is 16.7. The first-order chi connectivity index (χ1) is 9.72. The normalized spacial score (nSPS) is 11.4. The van der Waals surface area contributed by atoms with Crippen LogP contribution in [-0.4, -0.2) is 8.42 Å². The Bertz CT molecular complexity index is 789. The van der Waals surface area contributed by atoms with Crippen LogP contribution in [-0.2, 0) is 10.0 Å². The first-order valence-corrected chi connectivity index (χ1v) is 9.30. The number of hydrogen-bond acceptors (Lipinski definition) is 3. The minimum absolute atomic E-state index is 0.293. The largest absolute Gasteiger partial charge is 0.395 e. The molecule has 2 aromatic carbocycles. The topological polar surface area (TPSA) is 72.2 Å². The zero-order valence-electron chi connectivity index (χ0n) is 10.2. The minimum Gasteiger partial charge on any atom is -0.395 e. The third kappa shape index (κ3) is 3.58. The van der Waals surface area contributed by atoms with Crippen LogP contribution in [0.3, 0.4) is 0 Å². The van der Waals surface area contributed by atoms with Crippen LogP contribution >= 0.6 is 47.8 Å². The van der Waals surface area contributed by atoms with Crippen LogP contribution in [0.1, 0.15) is 0 Å². The lowest BCUT2D eigenvalue weighted by atomic mass is 10.3. The van der Waals surface area contributed by atoms with Crippen molar-refractivity contribution in [3.8, 4) is 0 Å². The van der Waals surface area contributed by atoms with E-state index in [-0.39, 0.29) is 4.90 Å². The van der Waals surface area contributed by atoms with Crippen LogP contribution < -0.4 is 10.5 Å². The SMILES string of the molecule is Nc1c(F)cccc1S(=O)(=O)Nc1c(Br)cc(Br)cc1Br. The van der Waals surface area contributed by atoms with Gasteiger partial charge in [-0.25, -0.2) is 12.8 Å². The van der Waals surface area contributed by atoms with E-state index in [0.29, 0.717) is 14.6 Å². The second-order valence-electron chi connectivity index (χ2n) is 4.00. The van der Waals surface area contributed by atoms with Crippen LogP contribution in [0.5, 0.6) is 0 Å². The molecule has 21 heavy (non-hydrogen) atoms. The zero-order chi connectivity index (χ0) is 15.8. The molecule has 0 amide bonds. The number of nitrogens with two attached hydrogens (primary N) is 1. The number of hydrogen-bond donors (Lipinski definition) is 2. The molecule has 0 fully saturated rings. The Kier molecular flexibility index (Phi) is 4.96. The van der Waals surface area contributed by atoms with Crippen molar-refractivity contribution in [2.75, 3.05) is 10.5 Å². The Morgan fingerprint density at radius 3 is 2.24 bits per heavy atom. The summed E-state index contributed by atoms with van der Waals surface area (Å²) < 4.78 is 42.3. The average molecular weight is 503 g/mol. The lowest BCUT2D eigenvalue weighted by Crippen LogP contribution is -2.16. The van der Waals surface area contributed by atoms with Crippen molar-refractivity contribution in [3.63, 3.8) is 0 Å². The van der Waals surface area contributed by atoms with Gasteiger partial charge >= 0.3 is 0 Å². The molecule has 0 saturated heterocycles. The van der Waals surface area contributed by atoms with Gasteiger partial charge in [-0.15, -0.1) is 0 Å². The molecule has 2 aromatic rings. The number of sulfonamides is 1. The van der Waals surface area contributed by atoms with E-state index >= 15 is 0 Å². The van der Waals surface area contributed by atoms with Crippen molar-refractivity contribution in [1.29, 1.82) is 0 Å². The molecule has 0 aliphatic rings. The molecule has 112 valence electrons. The smallest absolute Gasteiger partial charge is 0.264 e. The second kappa shape index (κ2) is 6.23. The fraction of sp³-hybridized carbons (Fsp3) is 0. The van der Waals surface area contributed by atoms with Crippen LogP contribution in [0.4, 0.5) is 15.8 Å². The van der Waals surface area contributed by atoms with Crippen molar-refractivity contribution in [2.45, 2.75) is 4.90 Å². The first-order valence-electron chi connectivity index (χ1n) is 5.43. The van der Waals surface area contributed by atoms with Gasteiger partial charge in [0, 0.05) is 13.4 Å². The van der Waals surface area contributed by atoms with Crippen molar-refractivity contribution in [2.24, 2.45) is 0 Å². The van der Waals surface area contributed by atoms with E-state index in [1.54, 1.807) is 12.1 Å². The predicted molar refractivity (Wildman–Crippen MR) is 91.2 cm³/mol. The average Bonchev–Trinajstić information content (AvgIpc) is 2.37. The van der Waals surface area contributed by atoms with Gasteiger partial charge in [0.05, 0.1) is 11.4 Å². The molecular formula is C12H8Br3FN2O2S. The highest BCUT2D eigenvalue weighted by atomic mass is 79.9. The minimum atomic E-state index is -4.01. The van der Waals surface area contributed by atoms with Crippen LogP contribution in [0.15, 0.2) is 48.6 Å². The summed E-state index contributed by atoms with van der Waals surface area (Å²) >= 11 is 9.81. The molecule has 4 nitrogen and oxygen atoms in total. The number of nitrogen functional groups attached to an aromatic ring is 1. The van der Waals surface area contributed by atoms with Gasteiger partial charge in [-0.05, 0) is 56.1 Å². The molecule has 0 heterocycles. The molecule has 2 rings (SSSR count). The lowest BCUT2D eigenvalue weighted by molar-refractivity contribution is 0.597. The van der Waals surface area contributed by atoms with Gasteiger partial charge in [-0.2, -0.15) is 0 Å². The van der Waals surface area contributed by atoms with Gasteiger partial charge < -0.3 is 5.73 Å². The highest BCUT2D eigenvalue weighted by molar-refractivity contribution is 9.11. The van der Waals surface area contributed by atoms with Crippen LogP contribution in [0.2, 0.25) is 0 Å². The quantitative estimate of drug-likeness (QED) is 0.607. The van der Waals surface area contributed by atoms with E-state index in [1.165, 1.54) is 12.1 Å². The molecule has 0 aromatic heterocycles. The second-order valence-corrected chi connectivity index (χ2v) is 8.28. The summed E-state index contributed by atoms with van der Waals surface area (Å²) in [5.41, 5.74) is 5.37. The Labute approximate surface area is 146 Å². The summed E-state index contributed by atoms with van der Waals surface area (Å²) in [6.45, 7) is 0. The van der Waals surface area contributed by atoms with Gasteiger partial charge in [-0.1, -0.05) is 22.0 Å². The maximum atomic E-state index is 13.4. The maximum Gasteiger partial charge on any atom is 0.264 e. The molecule has 0 aliphatic heterocycles. The summed E-state index contributed by atoms with van der Waals surface area (Å²) in [5, 5.41) is 0. The monoisotopic (exact) mass is 500 g/mol. The fourth-order valence-electron chi connectivity index (χ4n) is 1.58. The molecule has 0 atom stereocenters. The number of para-hydroxylation sites is 1. The number of anilines is 2. The number of rotatable bonds is 3. The van der Waals surface area contributed by atoms with Gasteiger partial charge in [0.2, 0.25) is 0 Å². The fourth-order valence-corrected chi connectivity index (χ4v) is 5.54. The summed E-state index contributed by atoms with van der Waals surface area (Å²) in [7, 11) is -4.01. The maximum absolute atomic E-state index is 13.4. The number of nitrogens with one attached hydrogen (secondary N) is 1. The third-order valence-corrected chi connectivity index (χ3v) is 5.66. The van der Waals surface area contributed by atoms with Crippen LogP contribution in [0.25, 0.3) is 0 Å². The van der Waals surface area contributed by atoms with Crippen molar-refractivity contribution < 1.29 is 12.8 Å². The van der Waals surface area contributed by atoms with E-state index in [9.17, 15) is 12.8 Å². The van der Waals surface area contributed by atoms with E-state index in [2.05, 4.69) is 52.5 Å². The molecule has 0 saturated carbocycles. The molecule has 0 unspecified atom stereocenters. The molecular weight excluding hydrogens is 495 g/mol. The highest BCUT2D eigenvalue weighted by Crippen LogP contribution is 2.36. The molecule has 0 aliphatic carbocycles. The van der Waals surface area contributed by atoms with E-state index in [0.717, 1.165) is 10.5 Å². The van der Waals surface area contributed by atoms with Gasteiger partial charge in [0.1, 0.15) is 10.7 Å². The van der Waals surface area contributed by atoms with E-state index < -0.39 is 21.5 Å². The summed E-state index contributed by atoms with van der Waals surface area (Å²) in [6.07, 6.45) is 0. The third-order valence-electron chi connectivity index (χ3n) is 2.55. The summed E-state index contributed by atoms with van der Waals surface area (Å²) in [6, 6.07) is 6.97. The molecule has 0 spiro atoms. The Morgan fingerprint density at radius 2 is 1.67 bits per heavy atom. The van der Waals surface area contributed by atoms with E-state index in [1.807, 2.05) is 0 Å². The van der Waals surface area contributed by atoms with Gasteiger partial charge in [0.15, 0.2) is 0 Å². The molecule has 3 N–H and O–H groups in total. The Hall–Kier alpha value is -0.640. The summed E-state index contributed by atoms with van der Waals surface area (Å²) in [5.74, 6) is -0.785. The number of benzene rings is 2. The Morgan fingerprint density at radius 1 is 1.10 bits per heavy atom. The lowest BCUT2D eigenvalue weighted by Gasteiger charge is -2.13. The van der Waals surface area contributed by atoms with Crippen molar-refractivity contribution >= 4 is 69.2 Å². The molecule has 0 bridgehead atoms. The van der Waals surface area contributed by atoms with Crippen molar-refractivity contribution in [1.82, 2.24) is 0 Å². The standard InChI is InChI=1S/C12H8Br3FN2O2S/c13-6-4-7(14)12(8(15)5-6)18-21(19,20)10-3-1-2-9(16)11(10)17/h1-5,18H,17H2. The summed E-state index contributed by atoms with van der Waals surface area (Å²) in [4.78, 5) is -0.316.